The Morgan fingerprint density at radius 1 is 1.10 bits per heavy atom. The summed E-state index contributed by atoms with van der Waals surface area (Å²) < 4.78 is 0. The molecule has 0 amide bonds. The quantitative estimate of drug-likeness (QED) is 0.669. The van der Waals surface area contributed by atoms with Crippen LogP contribution < -0.4 is 10.6 Å². The number of hydrogen-bond acceptors (Lipinski definition) is 2. The summed E-state index contributed by atoms with van der Waals surface area (Å²) in [6.07, 6.45) is 9.42. The van der Waals surface area contributed by atoms with E-state index in [1.165, 1.54) is 56.1 Å². The maximum atomic E-state index is 3.63. The minimum atomic E-state index is 0.500. The highest BCUT2D eigenvalue weighted by atomic mass is 15.0. The third-order valence-corrected chi connectivity index (χ3v) is 4.27. The highest BCUT2D eigenvalue weighted by Crippen LogP contribution is 2.21. The lowest BCUT2D eigenvalue weighted by Crippen LogP contribution is -2.37. The molecule has 0 aliphatic carbocycles. The molecule has 2 heteroatoms. The summed E-state index contributed by atoms with van der Waals surface area (Å²) in [7, 11) is 0. The number of hydrogen-bond donors (Lipinski definition) is 2. The second kappa shape index (κ2) is 9.15. The molecule has 0 saturated carbocycles. The lowest BCUT2D eigenvalue weighted by molar-refractivity contribution is 0.461. The maximum absolute atomic E-state index is 3.63. The molecule has 0 spiro atoms. The van der Waals surface area contributed by atoms with E-state index >= 15 is 0 Å². The number of rotatable bonds is 9. The van der Waals surface area contributed by atoms with Crippen LogP contribution in [0.4, 0.5) is 0 Å². The summed E-state index contributed by atoms with van der Waals surface area (Å²) >= 11 is 0. The Kier molecular flexibility index (Phi) is 7.10. The molecule has 0 fully saturated rings. The van der Waals surface area contributed by atoms with Crippen LogP contribution in [-0.2, 0) is 6.42 Å². The van der Waals surface area contributed by atoms with Crippen LogP contribution in [0.5, 0.6) is 0 Å². The molecule has 0 bridgehead atoms. The monoisotopic (exact) mass is 274 g/mol. The first-order chi connectivity index (χ1) is 9.92. The summed E-state index contributed by atoms with van der Waals surface area (Å²) in [5, 5.41) is 7.26. The molecule has 1 aromatic carbocycles. The Hall–Kier alpha value is -0.860. The van der Waals surface area contributed by atoms with Crippen molar-refractivity contribution in [3.05, 3.63) is 35.4 Å². The van der Waals surface area contributed by atoms with Crippen molar-refractivity contribution in [1.82, 2.24) is 10.6 Å². The lowest BCUT2D eigenvalue weighted by atomic mass is 9.94. The zero-order chi connectivity index (χ0) is 14.0. The van der Waals surface area contributed by atoms with Gasteiger partial charge in [-0.15, -0.1) is 0 Å². The molecule has 1 heterocycles. The van der Waals surface area contributed by atoms with E-state index in [-0.39, 0.29) is 0 Å². The fraction of sp³-hybridized carbons (Fsp3) is 0.667. The van der Waals surface area contributed by atoms with E-state index in [2.05, 4.69) is 41.8 Å². The van der Waals surface area contributed by atoms with E-state index in [9.17, 15) is 0 Å². The van der Waals surface area contributed by atoms with Crippen LogP contribution in [0.2, 0.25) is 0 Å². The van der Waals surface area contributed by atoms with Crippen LogP contribution in [0.15, 0.2) is 24.3 Å². The molecule has 1 unspecified atom stereocenters. The van der Waals surface area contributed by atoms with Crippen LogP contribution in [0.3, 0.4) is 0 Å². The highest BCUT2D eigenvalue weighted by molar-refractivity contribution is 5.32. The van der Waals surface area contributed by atoms with E-state index in [1.807, 2.05) is 0 Å². The number of fused-ring (bicyclic) bond motifs is 1. The smallest absolute Gasteiger partial charge is 0.0449 e. The predicted molar refractivity (Wildman–Crippen MR) is 87.1 cm³/mol. The van der Waals surface area contributed by atoms with Crippen LogP contribution >= 0.6 is 0 Å². The molecular formula is C18H30N2. The molecule has 1 atom stereocenters. The second-order valence-corrected chi connectivity index (χ2v) is 5.93. The van der Waals surface area contributed by atoms with Crippen molar-refractivity contribution < 1.29 is 0 Å². The van der Waals surface area contributed by atoms with Gasteiger partial charge in [-0.1, -0.05) is 63.3 Å². The fourth-order valence-corrected chi connectivity index (χ4v) is 3.05. The summed E-state index contributed by atoms with van der Waals surface area (Å²) in [4.78, 5) is 0. The first kappa shape index (κ1) is 15.5. The number of nitrogens with one attached hydrogen (secondary N) is 2. The molecule has 1 aliphatic rings. The lowest BCUT2D eigenvalue weighted by Gasteiger charge is -2.27. The zero-order valence-corrected chi connectivity index (χ0v) is 13.0. The fourth-order valence-electron chi connectivity index (χ4n) is 3.05. The predicted octanol–water partition coefficient (Wildman–Crippen LogP) is 3.82. The Labute approximate surface area is 124 Å². The van der Waals surface area contributed by atoms with Crippen molar-refractivity contribution in [1.29, 1.82) is 0 Å². The molecule has 0 aromatic heterocycles. The van der Waals surface area contributed by atoms with E-state index in [4.69, 9.17) is 0 Å². The van der Waals surface area contributed by atoms with Crippen molar-refractivity contribution in [2.24, 2.45) is 0 Å². The normalized spacial score (nSPS) is 17.9. The summed E-state index contributed by atoms with van der Waals surface area (Å²) in [6, 6.07) is 9.37. The standard InChI is InChI=1S/C18H30N2/c1-2-3-4-5-6-9-13-19-15-18-17-11-8-7-10-16(17)12-14-20-18/h7-8,10-11,18-20H,2-6,9,12-15H2,1H3. The molecule has 2 N–H and O–H groups in total. The van der Waals surface area contributed by atoms with Crippen LogP contribution in [0.1, 0.15) is 62.6 Å². The van der Waals surface area contributed by atoms with Crippen LogP contribution in [0, 0.1) is 0 Å². The summed E-state index contributed by atoms with van der Waals surface area (Å²) in [6.45, 7) is 5.61. The third kappa shape index (κ3) is 4.92. The van der Waals surface area contributed by atoms with E-state index in [0.717, 1.165) is 19.6 Å². The van der Waals surface area contributed by atoms with E-state index < -0.39 is 0 Å². The van der Waals surface area contributed by atoms with Crippen LogP contribution in [0.25, 0.3) is 0 Å². The van der Waals surface area contributed by atoms with E-state index in [1.54, 1.807) is 0 Å². The highest BCUT2D eigenvalue weighted by Gasteiger charge is 2.17. The van der Waals surface area contributed by atoms with Crippen molar-refractivity contribution in [2.45, 2.75) is 57.9 Å². The Morgan fingerprint density at radius 3 is 2.80 bits per heavy atom. The van der Waals surface area contributed by atoms with Gasteiger partial charge < -0.3 is 10.6 Å². The van der Waals surface area contributed by atoms with Gasteiger partial charge in [-0.3, -0.25) is 0 Å². The Balaban J connectivity index is 1.61. The average molecular weight is 274 g/mol. The average Bonchev–Trinajstić information content (AvgIpc) is 2.50. The molecular weight excluding hydrogens is 244 g/mol. The van der Waals surface area contributed by atoms with Gasteiger partial charge in [-0.2, -0.15) is 0 Å². The Bertz CT molecular complexity index is 375. The van der Waals surface area contributed by atoms with Gasteiger partial charge in [0.05, 0.1) is 0 Å². The minimum Gasteiger partial charge on any atom is -0.315 e. The SMILES string of the molecule is CCCCCCCCNCC1NCCc2ccccc21. The molecule has 1 aromatic rings. The van der Waals surface area contributed by atoms with Gasteiger partial charge in [0.1, 0.15) is 0 Å². The molecule has 20 heavy (non-hydrogen) atoms. The molecule has 112 valence electrons. The van der Waals surface area contributed by atoms with Gasteiger partial charge in [-0.05, 0) is 37.1 Å². The van der Waals surface area contributed by atoms with Crippen LogP contribution in [-0.4, -0.2) is 19.6 Å². The van der Waals surface area contributed by atoms with Gasteiger partial charge in [0.2, 0.25) is 0 Å². The van der Waals surface area contributed by atoms with Gasteiger partial charge in [-0.25, -0.2) is 0 Å². The first-order valence-electron chi connectivity index (χ1n) is 8.43. The van der Waals surface area contributed by atoms with Crippen molar-refractivity contribution in [3.8, 4) is 0 Å². The molecule has 0 saturated heterocycles. The van der Waals surface area contributed by atoms with E-state index in [0.29, 0.717) is 6.04 Å². The Morgan fingerprint density at radius 2 is 1.90 bits per heavy atom. The third-order valence-electron chi connectivity index (χ3n) is 4.27. The van der Waals surface area contributed by atoms with Crippen molar-refractivity contribution in [2.75, 3.05) is 19.6 Å². The zero-order valence-electron chi connectivity index (χ0n) is 13.0. The van der Waals surface area contributed by atoms with Gasteiger partial charge in [0, 0.05) is 12.6 Å². The summed E-state index contributed by atoms with van der Waals surface area (Å²) in [5.74, 6) is 0. The van der Waals surface area contributed by atoms with Gasteiger partial charge in [0.15, 0.2) is 0 Å². The minimum absolute atomic E-state index is 0.500. The maximum Gasteiger partial charge on any atom is 0.0449 e. The first-order valence-corrected chi connectivity index (χ1v) is 8.43. The molecule has 2 rings (SSSR count). The van der Waals surface area contributed by atoms with Crippen molar-refractivity contribution >= 4 is 0 Å². The largest absolute Gasteiger partial charge is 0.315 e. The van der Waals surface area contributed by atoms with Gasteiger partial charge >= 0.3 is 0 Å². The molecule has 1 aliphatic heterocycles. The van der Waals surface area contributed by atoms with Gasteiger partial charge in [0.25, 0.3) is 0 Å². The second-order valence-electron chi connectivity index (χ2n) is 5.93. The molecule has 2 nitrogen and oxygen atoms in total. The number of unbranched alkanes of at least 4 members (excludes halogenated alkanes) is 5. The number of benzene rings is 1. The molecule has 0 radical (unpaired) electrons. The topological polar surface area (TPSA) is 24.1 Å². The van der Waals surface area contributed by atoms with Crippen molar-refractivity contribution in [3.63, 3.8) is 0 Å². The summed E-state index contributed by atoms with van der Waals surface area (Å²) in [5.41, 5.74) is 3.02.